The first-order valence-electron chi connectivity index (χ1n) is 9.02. The lowest BCUT2D eigenvalue weighted by Gasteiger charge is -2.15. The Balaban J connectivity index is 1.77. The summed E-state index contributed by atoms with van der Waals surface area (Å²) in [7, 11) is 3.56. The molecule has 0 spiro atoms. The first kappa shape index (κ1) is 19.9. The number of para-hydroxylation sites is 1. The number of nitrogens with zero attached hydrogens (tertiary/aromatic N) is 5. The Morgan fingerprint density at radius 3 is 2.43 bits per heavy atom. The molecular weight excluding hydrogens is 374 g/mol. The van der Waals surface area contributed by atoms with Gasteiger partial charge in [-0.25, -0.2) is 4.68 Å². The van der Waals surface area contributed by atoms with Gasteiger partial charge in [0.15, 0.2) is 0 Å². The predicted molar refractivity (Wildman–Crippen MR) is 112 cm³/mol. The third-order valence-corrected chi connectivity index (χ3v) is 5.25. The molecule has 6 nitrogen and oxygen atoms in total. The molecule has 28 heavy (non-hydrogen) atoms. The van der Waals surface area contributed by atoms with E-state index in [9.17, 15) is 4.79 Å². The van der Waals surface area contributed by atoms with Gasteiger partial charge in [0, 0.05) is 43.5 Å². The molecule has 0 aliphatic heterocycles. The molecule has 0 aliphatic carbocycles. The first-order chi connectivity index (χ1) is 13.3. The average molecular weight is 398 g/mol. The lowest BCUT2D eigenvalue weighted by Crippen LogP contribution is -2.24. The van der Waals surface area contributed by atoms with Crippen LogP contribution in [0.2, 0.25) is 5.15 Å². The number of aryl methyl sites for hydroxylation is 3. The molecule has 0 N–H and O–H groups in total. The fourth-order valence-corrected chi connectivity index (χ4v) is 3.39. The van der Waals surface area contributed by atoms with Crippen LogP contribution in [0.1, 0.15) is 28.2 Å². The second-order valence-corrected chi connectivity index (χ2v) is 7.20. The summed E-state index contributed by atoms with van der Waals surface area (Å²) in [5.41, 5.74) is 5.54. The molecular formula is C21H24ClN5O. The van der Waals surface area contributed by atoms with Crippen molar-refractivity contribution in [1.82, 2.24) is 24.5 Å². The van der Waals surface area contributed by atoms with Crippen LogP contribution in [0.3, 0.4) is 0 Å². The zero-order valence-corrected chi connectivity index (χ0v) is 17.5. The van der Waals surface area contributed by atoms with Crippen LogP contribution >= 0.6 is 11.6 Å². The third-order valence-electron chi connectivity index (χ3n) is 4.80. The number of amides is 1. The van der Waals surface area contributed by atoms with Crippen molar-refractivity contribution in [3.63, 3.8) is 0 Å². The van der Waals surface area contributed by atoms with Crippen molar-refractivity contribution in [3.05, 3.63) is 69.8 Å². The molecule has 1 amide bonds. The van der Waals surface area contributed by atoms with Crippen molar-refractivity contribution in [1.29, 1.82) is 0 Å². The monoisotopic (exact) mass is 397 g/mol. The van der Waals surface area contributed by atoms with Crippen molar-refractivity contribution in [2.24, 2.45) is 7.05 Å². The number of likely N-dealkylation sites (N-methyl/N-ethyl adjacent to an activating group) is 1. The number of benzene rings is 1. The lowest BCUT2D eigenvalue weighted by atomic mass is 10.2. The van der Waals surface area contributed by atoms with Gasteiger partial charge in [0.05, 0.1) is 17.1 Å². The van der Waals surface area contributed by atoms with Crippen LogP contribution in [0.5, 0.6) is 0 Å². The van der Waals surface area contributed by atoms with Gasteiger partial charge in [0.1, 0.15) is 5.15 Å². The maximum Gasteiger partial charge on any atom is 0.246 e. The second-order valence-electron chi connectivity index (χ2n) is 6.84. The highest BCUT2D eigenvalue weighted by atomic mass is 35.5. The Morgan fingerprint density at radius 2 is 1.82 bits per heavy atom. The van der Waals surface area contributed by atoms with Crippen molar-refractivity contribution in [2.75, 3.05) is 7.05 Å². The number of halogens is 1. The zero-order chi connectivity index (χ0) is 20.4. The van der Waals surface area contributed by atoms with E-state index in [0.717, 1.165) is 33.9 Å². The smallest absolute Gasteiger partial charge is 0.246 e. The van der Waals surface area contributed by atoms with Gasteiger partial charge >= 0.3 is 0 Å². The molecule has 1 aromatic carbocycles. The highest BCUT2D eigenvalue weighted by molar-refractivity contribution is 6.31. The summed E-state index contributed by atoms with van der Waals surface area (Å²) in [6, 6.07) is 9.97. The van der Waals surface area contributed by atoms with Gasteiger partial charge in [-0.05, 0) is 39.0 Å². The van der Waals surface area contributed by atoms with Crippen molar-refractivity contribution < 1.29 is 4.79 Å². The molecule has 2 heterocycles. The highest BCUT2D eigenvalue weighted by Gasteiger charge is 2.16. The Kier molecular flexibility index (Phi) is 5.70. The van der Waals surface area contributed by atoms with Gasteiger partial charge in [0.25, 0.3) is 0 Å². The molecule has 3 rings (SSSR count). The van der Waals surface area contributed by atoms with Gasteiger partial charge in [-0.1, -0.05) is 29.8 Å². The van der Waals surface area contributed by atoms with E-state index in [1.54, 1.807) is 29.8 Å². The first-order valence-corrected chi connectivity index (χ1v) is 9.40. The maximum atomic E-state index is 12.6. The topological polar surface area (TPSA) is 56.0 Å². The molecule has 0 radical (unpaired) electrons. The van der Waals surface area contributed by atoms with E-state index in [1.165, 1.54) is 6.08 Å². The molecule has 3 aromatic rings. The number of hydrogen-bond donors (Lipinski definition) is 0. The van der Waals surface area contributed by atoms with E-state index in [-0.39, 0.29) is 5.91 Å². The van der Waals surface area contributed by atoms with Crippen LogP contribution in [0.25, 0.3) is 11.8 Å². The van der Waals surface area contributed by atoms with Crippen LogP contribution in [-0.4, -0.2) is 37.4 Å². The molecule has 0 fully saturated rings. The van der Waals surface area contributed by atoms with E-state index < -0.39 is 0 Å². The zero-order valence-electron chi connectivity index (χ0n) is 16.8. The molecule has 0 bridgehead atoms. The molecule has 0 aliphatic rings. The largest absolute Gasteiger partial charge is 0.338 e. The lowest BCUT2D eigenvalue weighted by molar-refractivity contribution is -0.125. The van der Waals surface area contributed by atoms with Crippen LogP contribution in [-0.2, 0) is 18.4 Å². The Labute approximate surface area is 170 Å². The Bertz CT molecular complexity index is 1030. The second kappa shape index (κ2) is 8.02. The maximum absolute atomic E-state index is 12.6. The van der Waals surface area contributed by atoms with Crippen molar-refractivity contribution in [3.8, 4) is 5.69 Å². The van der Waals surface area contributed by atoms with E-state index >= 15 is 0 Å². The van der Waals surface area contributed by atoms with Gasteiger partial charge in [-0.3, -0.25) is 9.48 Å². The minimum Gasteiger partial charge on any atom is -0.338 e. The normalized spacial score (nSPS) is 11.4. The van der Waals surface area contributed by atoms with Crippen LogP contribution < -0.4 is 0 Å². The van der Waals surface area contributed by atoms with Crippen LogP contribution in [0.15, 0.2) is 36.4 Å². The fraction of sp³-hybridized carbons (Fsp3) is 0.286. The summed E-state index contributed by atoms with van der Waals surface area (Å²) in [6.07, 6.45) is 3.25. The summed E-state index contributed by atoms with van der Waals surface area (Å²) < 4.78 is 3.51. The van der Waals surface area contributed by atoms with Crippen LogP contribution in [0, 0.1) is 20.8 Å². The molecule has 7 heteroatoms. The summed E-state index contributed by atoms with van der Waals surface area (Å²) in [5.74, 6) is -0.106. The number of rotatable bonds is 5. The van der Waals surface area contributed by atoms with Gasteiger partial charge in [-0.15, -0.1) is 0 Å². The molecule has 0 saturated carbocycles. The highest BCUT2D eigenvalue weighted by Crippen LogP contribution is 2.21. The predicted octanol–water partition coefficient (Wildman–Crippen LogP) is 3.86. The number of carbonyl (C=O) groups excluding carboxylic acids is 1. The number of aromatic nitrogens is 4. The number of hydrogen-bond acceptors (Lipinski definition) is 3. The summed E-state index contributed by atoms with van der Waals surface area (Å²) in [4.78, 5) is 14.3. The average Bonchev–Trinajstić information content (AvgIpc) is 3.09. The third kappa shape index (κ3) is 3.87. The molecule has 0 unspecified atom stereocenters. The Hall–Kier alpha value is -2.86. The minimum absolute atomic E-state index is 0.106. The molecule has 0 atom stereocenters. The summed E-state index contributed by atoms with van der Waals surface area (Å²) in [5, 5.41) is 9.41. The summed E-state index contributed by atoms with van der Waals surface area (Å²) >= 11 is 6.22. The van der Waals surface area contributed by atoms with Gasteiger partial charge < -0.3 is 4.90 Å². The molecule has 2 aromatic heterocycles. The van der Waals surface area contributed by atoms with Crippen LogP contribution in [0.4, 0.5) is 0 Å². The van der Waals surface area contributed by atoms with E-state index in [1.807, 2.05) is 55.8 Å². The SMILES string of the molecule is Cc1nn(C)c(Cl)c1/C=C/C(=O)N(C)Cc1c(C)nn(-c2ccccc2)c1C. The minimum atomic E-state index is -0.106. The van der Waals surface area contributed by atoms with Crippen molar-refractivity contribution in [2.45, 2.75) is 27.3 Å². The van der Waals surface area contributed by atoms with E-state index in [4.69, 9.17) is 11.6 Å². The fourth-order valence-electron chi connectivity index (χ4n) is 3.16. The summed E-state index contributed by atoms with van der Waals surface area (Å²) in [6.45, 7) is 6.34. The van der Waals surface area contributed by atoms with Gasteiger partial charge in [0.2, 0.25) is 5.91 Å². The van der Waals surface area contributed by atoms with Crippen molar-refractivity contribution >= 4 is 23.6 Å². The standard InChI is InChI=1S/C21H24ClN5O/c1-14-18(21(22)26(5)23-14)11-12-20(28)25(4)13-19-15(2)24-27(16(19)3)17-9-7-6-8-10-17/h6-12H,13H2,1-5H3/b12-11+. The molecule has 146 valence electrons. The molecule has 0 saturated heterocycles. The number of carbonyl (C=O) groups is 1. The Morgan fingerprint density at radius 1 is 1.14 bits per heavy atom. The van der Waals surface area contributed by atoms with E-state index in [0.29, 0.717) is 11.7 Å². The van der Waals surface area contributed by atoms with E-state index in [2.05, 4.69) is 10.2 Å². The van der Waals surface area contributed by atoms with Gasteiger partial charge in [-0.2, -0.15) is 10.2 Å². The quantitative estimate of drug-likeness (QED) is 0.614.